The predicted octanol–water partition coefficient (Wildman–Crippen LogP) is 3.82. The molecule has 0 radical (unpaired) electrons. The monoisotopic (exact) mass is 432 g/mol. The number of rotatable bonds is 3. The van der Waals surface area contributed by atoms with Gasteiger partial charge in [0.25, 0.3) is 5.91 Å². The number of aromatic amines is 1. The summed E-state index contributed by atoms with van der Waals surface area (Å²) < 4.78 is 0. The van der Waals surface area contributed by atoms with Crippen molar-refractivity contribution >= 4 is 34.1 Å². The molecule has 6 heteroatoms. The lowest BCUT2D eigenvalue weighted by molar-refractivity contribution is 0.0961. The average molecular weight is 433 g/mol. The van der Waals surface area contributed by atoms with Crippen molar-refractivity contribution in [2.45, 2.75) is 37.8 Å². The van der Waals surface area contributed by atoms with Crippen LogP contribution in [-0.2, 0) is 6.42 Å². The molecule has 31 heavy (non-hydrogen) atoms. The van der Waals surface area contributed by atoms with Gasteiger partial charge in [0.1, 0.15) is 0 Å². The lowest BCUT2D eigenvalue weighted by Crippen LogP contribution is -2.54. The van der Waals surface area contributed by atoms with Gasteiger partial charge >= 0.3 is 0 Å². The Balaban J connectivity index is 1.29. The molecule has 0 saturated carbocycles. The van der Waals surface area contributed by atoms with Crippen LogP contribution in [0.4, 0.5) is 0 Å². The second kappa shape index (κ2) is 8.09. The van der Waals surface area contributed by atoms with Gasteiger partial charge in [0.05, 0.1) is 0 Å². The molecular weight excluding hydrogens is 404 g/mol. The summed E-state index contributed by atoms with van der Waals surface area (Å²) in [5.41, 5.74) is 4.76. The molecule has 1 fully saturated rings. The van der Waals surface area contributed by atoms with Crippen molar-refractivity contribution in [3.05, 3.63) is 71.4 Å². The standard InChI is InChI=1S/C25H28N4OS/c1-15(27-25(31)28-24(30)16-7-4-3-5-8-16)18-11-20-19-9-6-10-21-23(19)17(13-26-21)12-22(20)29(2)14-18/h3-10,13,15,18,20,22,26H,11-12,14H2,1-2H3,(H2,27,28,30,31)/t15?,18-,20-,22-/m1/s1. The molecule has 1 aromatic heterocycles. The Morgan fingerprint density at radius 1 is 1.19 bits per heavy atom. The van der Waals surface area contributed by atoms with E-state index in [1.807, 2.05) is 18.2 Å². The van der Waals surface area contributed by atoms with Gasteiger partial charge in [-0.1, -0.05) is 30.3 Å². The molecule has 2 heterocycles. The number of nitrogens with zero attached hydrogens (tertiary/aromatic N) is 1. The number of carbonyl (C=O) groups is 1. The first-order valence-corrected chi connectivity index (χ1v) is 11.4. The smallest absolute Gasteiger partial charge is 0.257 e. The molecule has 5 nitrogen and oxygen atoms in total. The quantitative estimate of drug-likeness (QED) is 0.551. The Morgan fingerprint density at radius 3 is 2.81 bits per heavy atom. The molecule has 3 aromatic rings. The zero-order valence-corrected chi connectivity index (χ0v) is 18.7. The van der Waals surface area contributed by atoms with E-state index in [1.165, 1.54) is 22.0 Å². The Labute approximate surface area is 188 Å². The third kappa shape index (κ3) is 3.75. The van der Waals surface area contributed by atoms with Gasteiger partial charge in [0.15, 0.2) is 5.11 Å². The average Bonchev–Trinajstić information content (AvgIpc) is 3.19. The summed E-state index contributed by atoms with van der Waals surface area (Å²) in [6, 6.07) is 16.5. The maximum Gasteiger partial charge on any atom is 0.257 e. The number of nitrogens with one attached hydrogen (secondary N) is 3. The van der Waals surface area contributed by atoms with E-state index in [4.69, 9.17) is 12.2 Å². The molecule has 1 amide bonds. The van der Waals surface area contributed by atoms with E-state index >= 15 is 0 Å². The van der Waals surface area contributed by atoms with Crippen molar-refractivity contribution in [1.82, 2.24) is 20.5 Å². The van der Waals surface area contributed by atoms with Crippen LogP contribution in [0, 0.1) is 5.92 Å². The summed E-state index contributed by atoms with van der Waals surface area (Å²) in [5.74, 6) is 0.770. The number of amides is 1. The number of H-pyrrole nitrogens is 1. The van der Waals surface area contributed by atoms with Crippen molar-refractivity contribution in [2.24, 2.45) is 5.92 Å². The van der Waals surface area contributed by atoms with Crippen LogP contribution in [0.15, 0.2) is 54.7 Å². The summed E-state index contributed by atoms with van der Waals surface area (Å²) in [6.45, 7) is 3.19. The van der Waals surface area contributed by atoms with Crippen LogP contribution in [0.2, 0.25) is 0 Å². The minimum absolute atomic E-state index is 0.166. The number of benzene rings is 2. The Hall–Kier alpha value is -2.70. The van der Waals surface area contributed by atoms with Crippen LogP contribution in [0.5, 0.6) is 0 Å². The van der Waals surface area contributed by atoms with Crippen molar-refractivity contribution in [3.63, 3.8) is 0 Å². The number of thiocarbonyl (C=S) groups is 1. The van der Waals surface area contributed by atoms with Crippen LogP contribution in [0.25, 0.3) is 10.9 Å². The fraction of sp³-hybridized carbons (Fsp3) is 0.360. The van der Waals surface area contributed by atoms with E-state index in [1.54, 1.807) is 12.1 Å². The first-order valence-electron chi connectivity index (χ1n) is 11.0. The van der Waals surface area contributed by atoms with Gasteiger partial charge in [0.2, 0.25) is 0 Å². The second-order valence-corrected chi connectivity index (χ2v) is 9.39. The van der Waals surface area contributed by atoms with Crippen LogP contribution in [0.1, 0.15) is 40.7 Å². The van der Waals surface area contributed by atoms with E-state index < -0.39 is 0 Å². The molecule has 2 aromatic carbocycles. The highest BCUT2D eigenvalue weighted by molar-refractivity contribution is 7.80. The van der Waals surface area contributed by atoms with Gasteiger partial charge in [-0.2, -0.15) is 0 Å². The van der Waals surface area contributed by atoms with E-state index in [9.17, 15) is 4.79 Å². The SMILES string of the molecule is CC(NC(=S)NC(=O)c1ccccc1)[C@@H]1C[C@@H]2c3cccc4[nH]cc(c34)C[C@H]2N(C)C1. The number of likely N-dealkylation sites (N-methyl/N-ethyl adjacent to an activating group) is 1. The zero-order valence-electron chi connectivity index (χ0n) is 17.9. The topological polar surface area (TPSA) is 60.2 Å². The number of aromatic nitrogens is 1. The largest absolute Gasteiger partial charge is 0.361 e. The van der Waals surface area contributed by atoms with Crippen molar-refractivity contribution in [1.29, 1.82) is 0 Å². The third-order valence-corrected chi connectivity index (χ3v) is 7.31. The minimum atomic E-state index is -0.176. The zero-order chi connectivity index (χ0) is 21.5. The summed E-state index contributed by atoms with van der Waals surface area (Å²) in [7, 11) is 2.24. The van der Waals surface area contributed by atoms with Gasteiger partial charge in [-0.25, -0.2) is 0 Å². The van der Waals surface area contributed by atoms with E-state index in [0.29, 0.717) is 28.6 Å². The summed E-state index contributed by atoms with van der Waals surface area (Å²) >= 11 is 5.45. The molecule has 1 unspecified atom stereocenters. The van der Waals surface area contributed by atoms with Crippen LogP contribution in [0.3, 0.4) is 0 Å². The molecule has 1 saturated heterocycles. The molecule has 5 rings (SSSR count). The molecule has 1 aliphatic carbocycles. The first-order chi connectivity index (χ1) is 15.0. The van der Waals surface area contributed by atoms with Gasteiger partial charge in [-0.15, -0.1) is 0 Å². The number of hydrogen-bond acceptors (Lipinski definition) is 3. The summed E-state index contributed by atoms with van der Waals surface area (Å²) in [5, 5.41) is 8.01. The van der Waals surface area contributed by atoms with Crippen LogP contribution >= 0.6 is 12.2 Å². The van der Waals surface area contributed by atoms with Crippen molar-refractivity contribution in [2.75, 3.05) is 13.6 Å². The van der Waals surface area contributed by atoms with Gasteiger partial charge in [-0.3, -0.25) is 10.1 Å². The third-order valence-electron chi connectivity index (χ3n) is 7.09. The van der Waals surface area contributed by atoms with E-state index in [0.717, 1.165) is 19.4 Å². The van der Waals surface area contributed by atoms with Crippen LogP contribution < -0.4 is 10.6 Å². The highest BCUT2D eigenvalue weighted by atomic mass is 32.1. The van der Waals surface area contributed by atoms with Gasteiger partial charge in [-0.05, 0) is 74.3 Å². The molecule has 1 aliphatic heterocycles. The highest BCUT2D eigenvalue weighted by Crippen LogP contribution is 2.44. The van der Waals surface area contributed by atoms with Crippen molar-refractivity contribution in [3.8, 4) is 0 Å². The molecule has 0 bridgehead atoms. The summed E-state index contributed by atoms with van der Waals surface area (Å²) in [4.78, 5) is 18.4. The Bertz CT molecular complexity index is 1130. The predicted molar refractivity (Wildman–Crippen MR) is 128 cm³/mol. The van der Waals surface area contributed by atoms with Gasteiger partial charge in [0, 0.05) is 47.2 Å². The Morgan fingerprint density at radius 2 is 2.00 bits per heavy atom. The first kappa shape index (κ1) is 20.2. The summed E-state index contributed by atoms with van der Waals surface area (Å²) in [6.07, 6.45) is 4.39. The number of fused-ring (bicyclic) bond motifs is 2. The molecule has 0 spiro atoms. The van der Waals surface area contributed by atoms with Crippen LogP contribution in [-0.4, -0.2) is 46.6 Å². The fourth-order valence-electron chi connectivity index (χ4n) is 5.47. The number of carbonyl (C=O) groups excluding carboxylic acids is 1. The lowest BCUT2D eigenvalue weighted by Gasteiger charge is -2.47. The van der Waals surface area contributed by atoms with E-state index in [2.05, 4.69) is 58.9 Å². The highest BCUT2D eigenvalue weighted by Gasteiger charge is 2.40. The molecule has 160 valence electrons. The molecule has 3 N–H and O–H groups in total. The number of hydrogen-bond donors (Lipinski definition) is 3. The van der Waals surface area contributed by atoms with E-state index in [-0.39, 0.29) is 11.9 Å². The minimum Gasteiger partial charge on any atom is -0.361 e. The van der Waals surface area contributed by atoms with Gasteiger partial charge < -0.3 is 15.2 Å². The van der Waals surface area contributed by atoms with Crippen molar-refractivity contribution < 1.29 is 4.79 Å². The Kier molecular flexibility index (Phi) is 5.28. The lowest BCUT2D eigenvalue weighted by atomic mass is 9.71. The molecule has 4 atom stereocenters. The molecule has 2 aliphatic rings. The molecular formula is C25H28N4OS. The maximum atomic E-state index is 12.4. The number of piperidine rings is 1. The fourth-order valence-corrected chi connectivity index (χ4v) is 5.75. The maximum absolute atomic E-state index is 12.4. The number of likely N-dealkylation sites (tertiary alicyclic amines) is 1. The second-order valence-electron chi connectivity index (χ2n) is 8.98. The normalized spacial score (nSPS) is 23.7.